The van der Waals surface area contributed by atoms with Gasteiger partial charge < -0.3 is 35.1 Å². The lowest BCUT2D eigenvalue weighted by molar-refractivity contribution is -0.369. The number of hydrogen-bond donors (Lipinski definition) is 4. The number of carbonyl (C=O) groups is 3. The number of Topliss-reactive ketones (excluding diaryl/α,β-unsaturated/α-hetero) is 1. The molecule has 0 spiro atoms. The molecule has 4 N–H and O–H groups in total. The maximum Gasteiger partial charge on any atom is 0.407 e. The highest BCUT2D eigenvalue weighted by atomic mass is 16.6. The third kappa shape index (κ3) is 4.57. The highest BCUT2D eigenvalue weighted by Gasteiger charge is 2.82. The number of carbonyl (C=O) groups excluding carboxylic acids is 3. The lowest BCUT2D eigenvalue weighted by Gasteiger charge is -2.71. The molecule has 0 bridgehead atoms. The van der Waals surface area contributed by atoms with Gasteiger partial charge in [0.05, 0.1) is 18.2 Å². The molecule has 2 saturated carbocycles. The van der Waals surface area contributed by atoms with Crippen LogP contribution in [0.5, 0.6) is 0 Å². The number of ether oxygens (including phenoxy) is 3. The second-order valence-electron chi connectivity index (χ2n) is 13.5. The number of esters is 1. The molecular weight excluding hydrogens is 492 g/mol. The van der Waals surface area contributed by atoms with E-state index in [9.17, 15) is 24.6 Å². The number of nitrogens with one attached hydrogen (secondary N) is 2. The van der Waals surface area contributed by atoms with Crippen LogP contribution in [0, 0.1) is 16.7 Å². The topological polar surface area (TPSA) is 143 Å². The lowest BCUT2D eigenvalue weighted by atomic mass is 9.39. The standard InChI is InChI=1S/C28H46N2O8/c1-11-25(7)14-16(31)28(35)26(8)17(36-18(32)15-30-23(2,3)4)12-13-24(5,6)20(26)19(33)21(27(28,9)38-25)37-22(34)29-10/h11,17,19-21,30,33,35H,1,12-15H2,2-10H3,(H,29,34)/t17-,19-,20-,21-,25-,26-,27+,28-/m0/s1. The second kappa shape index (κ2) is 9.57. The molecule has 2 aliphatic carbocycles. The Hall–Kier alpha value is -2.01. The quantitative estimate of drug-likeness (QED) is 0.306. The molecule has 1 amide bonds. The number of aliphatic hydroxyl groups excluding tert-OH is 1. The molecule has 8 atom stereocenters. The predicted octanol–water partition coefficient (Wildman–Crippen LogP) is 2.25. The van der Waals surface area contributed by atoms with E-state index in [1.807, 2.05) is 34.6 Å². The molecule has 3 rings (SSSR count). The Bertz CT molecular complexity index is 992. The van der Waals surface area contributed by atoms with Gasteiger partial charge >= 0.3 is 12.1 Å². The Labute approximate surface area is 225 Å². The number of ketones is 1. The fraction of sp³-hybridized carbons (Fsp3) is 0.821. The second-order valence-corrected chi connectivity index (χ2v) is 13.5. The third-order valence-electron chi connectivity index (χ3n) is 9.17. The van der Waals surface area contributed by atoms with Crippen LogP contribution in [0.4, 0.5) is 4.79 Å². The number of hydrogen-bond acceptors (Lipinski definition) is 9. The van der Waals surface area contributed by atoms with Crippen LogP contribution in [0.1, 0.15) is 74.7 Å². The van der Waals surface area contributed by atoms with E-state index in [1.165, 1.54) is 20.0 Å². The Morgan fingerprint density at radius 3 is 2.32 bits per heavy atom. The van der Waals surface area contributed by atoms with Gasteiger partial charge in [-0.15, -0.1) is 6.58 Å². The first kappa shape index (κ1) is 30.5. The summed E-state index contributed by atoms with van der Waals surface area (Å²) in [6.45, 7) is 18.2. The van der Waals surface area contributed by atoms with Gasteiger partial charge in [-0.05, 0) is 52.9 Å². The summed E-state index contributed by atoms with van der Waals surface area (Å²) in [7, 11) is 1.38. The molecule has 1 heterocycles. The van der Waals surface area contributed by atoms with Gasteiger partial charge in [-0.1, -0.05) is 26.8 Å². The van der Waals surface area contributed by atoms with Gasteiger partial charge in [-0.2, -0.15) is 0 Å². The first-order chi connectivity index (χ1) is 17.2. The molecule has 10 nitrogen and oxygen atoms in total. The van der Waals surface area contributed by atoms with Crippen molar-refractivity contribution in [2.45, 2.75) is 115 Å². The van der Waals surface area contributed by atoms with Gasteiger partial charge in [-0.25, -0.2) is 4.79 Å². The molecule has 3 aliphatic rings. The minimum absolute atomic E-state index is 0.0657. The van der Waals surface area contributed by atoms with Crippen LogP contribution in [-0.2, 0) is 23.8 Å². The van der Waals surface area contributed by atoms with Crippen molar-refractivity contribution in [1.82, 2.24) is 10.6 Å². The number of alkyl carbamates (subject to hydrolysis) is 1. The van der Waals surface area contributed by atoms with Gasteiger partial charge in [0.1, 0.15) is 11.7 Å². The Morgan fingerprint density at radius 1 is 1.18 bits per heavy atom. The van der Waals surface area contributed by atoms with Crippen molar-refractivity contribution in [1.29, 1.82) is 0 Å². The summed E-state index contributed by atoms with van der Waals surface area (Å²) in [6, 6.07) is 0. The summed E-state index contributed by atoms with van der Waals surface area (Å²) in [5.41, 5.74) is -7.82. The third-order valence-corrected chi connectivity index (χ3v) is 9.17. The predicted molar refractivity (Wildman–Crippen MR) is 140 cm³/mol. The summed E-state index contributed by atoms with van der Waals surface area (Å²) in [4.78, 5) is 39.6. The van der Waals surface area contributed by atoms with Gasteiger partial charge in [0.15, 0.2) is 17.5 Å². The average molecular weight is 539 g/mol. The van der Waals surface area contributed by atoms with E-state index in [1.54, 1.807) is 13.8 Å². The molecule has 0 unspecified atom stereocenters. The van der Waals surface area contributed by atoms with E-state index in [2.05, 4.69) is 17.2 Å². The molecule has 1 saturated heterocycles. The molecule has 38 heavy (non-hydrogen) atoms. The first-order valence-corrected chi connectivity index (χ1v) is 13.3. The van der Waals surface area contributed by atoms with Crippen LogP contribution in [0.15, 0.2) is 12.7 Å². The van der Waals surface area contributed by atoms with E-state index < -0.39 is 69.7 Å². The van der Waals surface area contributed by atoms with E-state index in [0.717, 1.165) is 0 Å². The normalized spacial score (nSPS) is 42.3. The number of amides is 1. The summed E-state index contributed by atoms with van der Waals surface area (Å²) >= 11 is 0. The number of aliphatic hydroxyl groups is 2. The highest BCUT2D eigenvalue weighted by molar-refractivity contribution is 5.92. The van der Waals surface area contributed by atoms with Gasteiger partial charge in [0, 0.05) is 30.3 Å². The van der Waals surface area contributed by atoms with Gasteiger partial charge in [0.25, 0.3) is 0 Å². The molecular formula is C28H46N2O8. The lowest BCUT2D eigenvalue weighted by Crippen LogP contribution is -2.87. The monoisotopic (exact) mass is 538 g/mol. The molecule has 0 radical (unpaired) electrons. The molecule has 0 aromatic heterocycles. The van der Waals surface area contributed by atoms with Crippen molar-refractivity contribution >= 4 is 17.8 Å². The van der Waals surface area contributed by atoms with Gasteiger partial charge in [-0.3, -0.25) is 9.59 Å². The van der Waals surface area contributed by atoms with Crippen molar-refractivity contribution in [2.75, 3.05) is 13.6 Å². The maximum atomic E-state index is 14.1. The Kier molecular flexibility index (Phi) is 7.69. The first-order valence-electron chi connectivity index (χ1n) is 13.3. The van der Waals surface area contributed by atoms with Crippen LogP contribution in [0.2, 0.25) is 0 Å². The SMILES string of the molecule is C=C[C@@]1(C)CC(=O)[C@]2(O)[C@@]3(C)[C@@H](OC(=O)CNC(C)(C)C)CCC(C)(C)[C@@H]3[C@H](O)[C@H](OC(=O)NC)[C@@]2(C)O1. The van der Waals surface area contributed by atoms with Crippen LogP contribution in [-0.4, -0.2) is 82.3 Å². The zero-order valence-electron chi connectivity index (χ0n) is 24.3. The smallest absolute Gasteiger partial charge is 0.407 e. The maximum absolute atomic E-state index is 14.1. The van der Waals surface area contributed by atoms with E-state index in [4.69, 9.17) is 14.2 Å². The number of rotatable bonds is 5. The Balaban J connectivity index is 2.21. The summed E-state index contributed by atoms with van der Waals surface area (Å²) in [5, 5.41) is 30.1. The van der Waals surface area contributed by atoms with Crippen molar-refractivity contribution in [3.05, 3.63) is 12.7 Å². The van der Waals surface area contributed by atoms with E-state index >= 15 is 0 Å². The van der Waals surface area contributed by atoms with Crippen molar-refractivity contribution < 1.29 is 38.8 Å². The van der Waals surface area contributed by atoms with Crippen molar-refractivity contribution in [3.8, 4) is 0 Å². The van der Waals surface area contributed by atoms with Crippen molar-refractivity contribution in [2.24, 2.45) is 16.7 Å². The average Bonchev–Trinajstić information content (AvgIpc) is 2.79. The number of fused-ring (bicyclic) bond motifs is 3. The van der Waals surface area contributed by atoms with Crippen LogP contribution in [0.3, 0.4) is 0 Å². The fourth-order valence-corrected chi connectivity index (χ4v) is 7.35. The molecule has 1 aliphatic heterocycles. The van der Waals surface area contributed by atoms with E-state index in [-0.39, 0.29) is 18.5 Å². The summed E-state index contributed by atoms with van der Waals surface area (Å²) in [6.07, 6.45) is -2.36. The van der Waals surface area contributed by atoms with Crippen molar-refractivity contribution in [3.63, 3.8) is 0 Å². The summed E-state index contributed by atoms with van der Waals surface area (Å²) < 4.78 is 18.1. The molecule has 0 aromatic rings. The Morgan fingerprint density at radius 2 is 1.79 bits per heavy atom. The largest absolute Gasteiger partial charge is 0.461 e. The zero-order chi connectivity index (χ0) is 29.1. The van der Waals surface area contributed by atoms with Gasteiger partial charge in [0.2, 0.25) is 0 Å². The molecule has 3 fully saturated rings. The minimum Gasteiger partial charge on any atom is -0.461 e. The fourth-order valence-electron chi connectivity index (χ4n) is 7.35. The highest BCUT2D eigenvalue weighted by Crippen LogP contribution is 2.67. The summed E-state index contributed by atoms with van der Waals surface area (Å²) in [5.74, 6) is -1.89. The van der Waals surface area contributed by atoms with Crippen LogP contribution >= 0.6 is 0 Å². The molecule has 0 aromatic carbocycles. The minimum atomic E-state index is -2.29. The zero-order valence-corrected chi connectivity index (χ0v) is 24.3. The molecule has 10 heteroatoms. The molecule has 216 valence electrons. The van der Waals surface area contributed by atoms with E-state index in [0.29, 0.717) is 12.8 Å². The van der Waals surface area contributed by atoms with Crippen LogP contribution < -0.4 is 10.6 Å². The van der Waals surface area contributed by atoms with Crippen LogP contribution in [0.25, 0.3) is 0 Å².